The van der Waals surface area contributed by atoms with Gasteiger partial charge in [0.25, 0.3) is 0 Å². The summed E-state index contributed by atoms with van der Waals surface area (Å²) in [6.45, 7) is 5.67. The number of hydrogen-bond acceptors (Lipinski definition) is 2. The number of hydrogen-bond donors (Lipinski definition) is 0. The molecule has 0 aliphatic carbocycles. The monoisotopic (exact) mass is 267 g/mol. The molecular weight excluding hydrogens is 253 g/mol. The Morgan fingerprint density at radius 1 is 1.50 bits per heavy atom. The van der Waals surface area contributed by atoms with Crippen molar-refractivity contribution in [1.82, 2.24) is 0 Å². The summed E-state index contributed by atoms with van der Waals surface area (Å²) < 4.78 is 13.7. The summed E-state index contributed by atoms with van der Waals surface area (Å²) >= 11 is 5.88. The Bertz CT molecular complexity index is 479. The van der Waals surface area contributed by atoms with E-state index in [2.05, 4.69) is 0 Å². The fourth-order valence-corrected chi connectivity index (χ4v) is 1.98. The second-order valence-corrected chi connectivity index (χ2v) is 5.81. The van der Waals surface area contributed by atoms with Crippen LogP contribution in [-0.4, -0.2) is 5.78 Å². The van der Waals surface area contributed by atoms with Gasteiger partial charge in [0.05, 0.1) is 6.07 Å². The molecule has 1 atom stereocenters. The third-order valence-electron chi connectivity index (χ3n) is 2.44. The molecule has 2 nitrogen and oxygen atoms in total. The second kappa shape index (κ2) is 5.49. The lowest BCUT2D eigenvalue weighted by molar-refractivity contribution is -0.121. The molecule has 0 bridgehead atoms. The zero-order chi connectivity index (χ0) is 13.9. The van der Waals surface area contributed by atoms with Crippen LogP contribution in [0.25, 0.3) is 0 Å². The number of nitrogens with zero attached hydrogens (tertiary/aromatic N) is 1. The van der Waals surface area contributed by atoms with Crippen LogP contribution in [0.5, 0.6) is 0 Å². The lowest BCUT2D eigenvalue weighted by Gasteiger charge is -2.19. The maximum Gasteiger partial charge on any atom is 0.155 e. The molecule has 0 spiro atoms. The van der Waals surface area contributed by atoms with Gasteiger partial charge in [0, 0.05) is 17.0 Å². The molecule has 0 saturated carbocycles. The van der Waals surface area contributed by atoms with E-state index in [9.17, 15) is 9.18 Å². The highest BCUT2D eigenvalue weighted by Gasteiger charge is 2.28. The average Bonchev–Trinajstić information content (AvgIpc) is 2.20. The number of carbonyl (C=O) groups excluding carboxylic acids is 1. The van der Waals surface area contributed by atoms with Crippen molar-refractivity contribution in [3.8, 4) is 6.07 Å². The smallest absolute Gasteiger partial charge is 0.155 e. The van der Waals surface area contributed by atoms with Crippen molar-refractivity contribution in [1.29, 1.82) is 5.26 Å². The predicted octanol–water partition coefficient (Wildman–Crippen LogP) is 4.09. The number of carbonyl (C=O) groups is 1. The van der Waals surface area contributed by atoms with Crippen molar-refractivity contribution < 1.29 is 9.18 Å². The topological polar surface area (TPSA) is 40.9 Å². The minimum absolute atomic E-state index is 0.0177. The van der Waals surface area contributed by atoms with E-state index >= 15 is 0 Å². The molecule has 1 rings (SSSR count). The van der Waals surface area contributed by atoms with Crippen molar-refractivity contribution >= 4 is 17.4 Å². The highest BCUT2D eigenvalue weighted by Crippen LogP contribution is 2.31. The molecule has 96 valence electrons. The minimum Gasteiger partial charge on any atom is -0.298 e. The number of Topliss-reactive ketones (excluding diaryl/α,β-unsaturated/α-hetero) is 1. The summed E-state index contributed by atoms with van der Waals surface area (Å²) in [6, 6.07) is 5.98. The molecule has 0 amide bonds. The number of halogens is 2. The van der Waals surface area contributed by atoms with Crippen LogP contribution < -0.4 is 0 Å². The first kappa shape index (κ1) is 14.7. The summed E-state index contributed by atoms with van der Waals surface area (Å²) in [5.74, 6) is -2.06. The van der Waals surface area contributed by atoms with Crippen LogP contribution in [-0.2, 0) is 4.79 Å². The third kappa shape index (κ3) is 3.54. The Morgan fingerprint density at radius 3 is 2.56 bits per heavy atom. The highest BCUT2D eigenvalue weighted by molar-refractivity contribution is 6.31. The van der Waals surface area contributed by atoms with Crippen LogP contribution in [0.15, 0.2) is 18.2 Å². The molecule has 1 aromatic rings. The van der Waals surface area contributed by atoms with Gasteiger partial charge < -0.3 is 0 Å². The summed E-state index contributed by atoms with van der Waals surface area (Å²) in [5, 5.41) is 9.21. The SMILES string of the molecule is CC(C)(C)CC(=O)C(C#N)c1c(F)cccc1Cl. The predicted molar refractivity (Wildman–Crippen MR) is 68.8 cm³/mol. The molecule has 1 unspecified atom stereocenters. The average molecular weight is 268 g/mol. The van der Waals surface area contributed by atoms with Crippen molar-refractivity contribution in [3.05, 3.63) is 34.6 Å². The Balaban J connectivity index is 3.12. The first-order valence-electron chi connectivity index (χ1n) is 5.62. The molecule has 4 heteroatoms. The Hall–Kier alpha value is -1.40. The molecule has 18 heavy (non-hydrogen) atoms. The highest BCUT2D eigenvalue weighted by atomic mass is 35.5. The molecule has 0 aromatic heterocycles. The minimum atomic E-state index is -1.14. The standard InChI is InChI=1S/C14H15ClFNO/c1-14(2,3)7-12(18)9(8-17)13-10(15)5-4-6-11(13)16/h4-6,9H,7H2,1-3H3. The summed E-state index contributed by atoms with van der Waals surface area (Å²) in [5.41, 5.74) is -0.264. The van der Waals surface area contributed by atoms with Gasteiger partial charge >= 0.3 is 0 Å². The molecule has 0 aliphatic rings. The maximum atomic E-state index is 13.7. The Labute approximate surface area is 111 Å². The zero-order valence-corrected chi connectivity index (χ0v) is 11.4. The van der Waals surface area contributed by atoms with E-state index in [-0.39, 0.29) is 28.2 Å². The zero-order valence-electron chi connectivity index (χ0n) is 10.6. The summed E-state index contributed by atoms with van der Waals surface area (Å²) in [6.07, 6.45) is 0.204. The van der Waals surface area contributed by atoms with Gasteiger partial charge in [-0.15, -0.1) is 0 Å². The van der Waals surface area contributed by atoms with Crippen LogP contribution in [0.2, 0.25) is 5.02 Å². The fourth-order valence-electron chi connectivity index (χ4n) is 1.71. The van der Waals surface area contributed by atoms with Gasteiger partial charge in [-0.1, -0.05) is 38.4 Å². The number of benzene rings is 1. The lowest BCUT2D eigenvalue weighted by Crippen LogP contribution is -2.19. The molecule has 0 saturated heterocycles. The summed E-state index contributed by atoms with van der Waals surface area (Å²) in [7, 11) is 0. The van der Waals surface area contributed by atoms with Gasteiger partial charge in [-0.05, 0) is 17.5 Å². The Morgan fingerprint density at radius 2 is 2.11 bits per heavy atom. The quantitative estimate of drug-likeness (QED) is 0.827. The number of ketones is 1. The van der Waals surface area contributed by atoms with Gasteiger partial charge in [0.1, 0.15) is 11.7 Å². The second-order valence-electron chi connectivity index (χ2n) is 5.40. The number of nitriles is 1. The van der Waals surface area contributed by atoms with Crippen LogP contribution >= 0.6 is 11.6 Å². The van der Waals surface area contributed by atoms with E-state index in [0.717, 1.165) is 0 Å². The first-order valence-corrected chi connectivity index (χ1v) is 6.00. The molecule has 0 heterocycles. The van der Waals surface area contributed by atoms with E-state index in [4.69, 9.17) is 16.9 Å². The van der Waals surface area contributed by atoms with E-state index in [1.165, 1.54) is 18.2 Å². The normalized spacial score (nSPS) is 12.9. The van der Waals surface area contributed by atoms with Crippen molar-refractivity contribution in [2.45, 2.75) is 33.1 Å². The molecular formula is C14H15ClFNO. The molecule has 0 aliphatic heterocycles. The lowest BCUT2D eigenvalue weighted by atomic mass is 9.83. The van der Waals surface area contributed by atoms with Crippen LogP contribution in [0.3, 0.4) is 0 Å². The molecule has 0 radical (unpaired) electrons. The third-order valence-corrected chi connectivity index (χ3v) is 2.77. The fraction of sp³-hybridized carbons (Fsp3) is 0.429. The largest absolute Gasteiger partial charge is 0.298 e. The number of rotatable bonds is 3. The van der Waals surface area contributed by atoms with E-state index in [0.29, 0.717) is 0 Å². The molecule has 1 aromatic carbocycles. The van der Waals surface area contributed by atoms with Crippen LogP contribution in [0, 0.1) is 22.6 Å². The maximum absolute atomic E-state index is 13.7. The van der Waals surface area contributed by atoms with E-state index < -0.39 is 11.7 Å². The summed E-state index contributed by atoms with van der Waals surface area (Å²) in [4.78, 5) is 12.0. The Kier molecular flexibility index (Phi) is 4.48. The van der Waals surface area contributed by atoms with E-state index in [1.807, 2.05) is 26.8 Å². The van der Waals surface area contributed by atoms with Crippen molar-refractivity contribution in [2.24, 2.45) is 5.41 Å². The van der Waals surface area contributed by atoms with Crippen molar-refractivity contribution in [2.75, 3.05) is 0 Å². The van der Waals surface area contributed by atoms with Crippen molar-refractivity contribution in [3.63, 3.8) is 0 Å². The van der Waals surface area contributed by atoms with Gasteiger partial charge in [0.15, 0.2) is 5.78 Å². The van der Waals surface area contributed by atoms with Crippen LogP contribution in [0.4, 0.5) is 4.39 Å². The van der Waals surface area contributed by atoms with Gasteiger partial charge in [-0.25, -0.2) is 4.39 Å². The first-order chi connectivity index (χ1) is 8.26. The molecule has 0 N–H and O–H groups in total. The van der Waals surface area contributed by atoms with Gasteiger partial charge in [0.2, 0.25) is 0 Å². The van der Waals surface area contributed by atoms with Crippen LogP contribution in [0.1, 0.15) is 38.7 Å². The van der Waals surface area contributed by atoms with Gasteiger partial charge in [-0.3, -0.25) is 4.79 Å². The molecule has 0 fully saturated rings. The van der Waals surface area contributed by atoms with Gasteiger partial charge in [-0.2, -0.15) is 5.26 Å². The van der Waals surface area contributed by atoms with E-state index in [1.54, 1.807) is 0 Å².